The highest BCUT2D eigenvalue weighted by molar-refractivity contribution is 5.83. The molecule has 1 aromatic carbocycles. The highest BCUT2D eigenvalue weighted by atomic mass is 16.6. The molecule has 1 aromatic rings. The summed E-state index contributed by atoms with van der Waals surface area (Å²) < 4.78 is 10.8. The fraction of sp³-hybridized carbons (Fsp3) is 0.562. The summed E-state index contributed by atoms with van der Waals surface area (Å²) in [6.45, 7) is 7.08. The van der Waals surface area contributed by atoms with Crippen LogP contribution in [0.5, 0.6) is 5.75 Å². The smallest absolute Gasteiger partial charge is 0.254 e. The molecule has 0 spiro atoms. The normalized spacial score (nSPS) is 20.8. The molecular weight excluding hydrogens is 254 g/mol. The fourth-order valence-corrected chi connectivity index (χ4v) is 2.46. The van der Waals surface area contributed by atoms with Gasteiger partial charge in [-0.05, 0) is 35.6 Å². The van der Waals surface area contributed by atoms with Gasteiger partial charge in [-0.3, -0.25) is 4.79 Å². The molecule has 0 saturated carbocycles. The Morgan fingerprint density at radius 3 is 2.95 bits per heavy atom. The SMILES string of the molecule is CC(C)COc1ccc2c(c1)CCN(C(=O)C1CO1)C2. The van der Waals surface area contributed by atoms with Gasteiger partial charge in [-0.1, -0.05) is 19.9 Å². The molecule has 2 heterocycles. The lowest BCUT2D eigenvalue weighted by Crippen LogP contribution is -2.38. The van der Waals surface area contributed by atoms with Crippen LogP contribution in [0.1, 0.15) is 25.0 Å². The first-order chi connectivity index (χ1) is 9.63. The lowest BCUT2D eigenvalue weighted by Gasteiger charge is -2.28. The van der Waals surface area contributed by atoms with E-state index in [9.17, 15) is 4.79 Å². The molecule has 0 radical (unpaired) electrons. The van der Waals surface area contributed by atoms with Crippen LogP contribution in [0.15, 0.2) is 18.2 Å². The standard InChI is InChI=1S/C16H21NO3/c1-11(2)9-19-14-4-3-13-8-17(6-5-12(13)7-14)16(18)15-10-20-15/h3-4,7,11,15H,5-6,8-10H2,1-2H3. The van der Waals surface area contributed by atoms with Crippen molar-refractivity contribution in [2.45, 2.75) is 32.9 Å². The minimum atomic E-state index is -0.176. The van der Waals surface area contributed by atoms with Gasteiger partial charge in [0.1, 0.15) is 5.75 Å². The molecule has 108 valence electrons. The first-order valence-corrected chi connectivity index (χ1v) is 7.28. The summed E-state index contributed by atoms with van der Waals surface area (Å²) in [5.74, 6) is 1.59. The summed E-state index contributed by atoms with van der Waals surface area (Å²) in [4.78, 5) is 13.9. The second-order valence-corrected chi connectivity index (χ2v) is 5.97. The van der Waals surface area contributed by atoms with Crippen molar-refractivity contribution in [1.82, 2.24) is 4.90 Å². The molecule has 1 saturated heterocycles. The van der Waals surface area contributed by atoms with Gasteiger partial charge in [0, 0.05) is 13.1 Å². The maximum atomic E-state index is 12.0. The summed E-state index contributed by atoms with van der Waals surface area (Å²) in [6, 6.07) is 6.20. The number of hydrogen-bond donors (Lipinski definition) is 0. The summed E-state index contributed by atoms with van der Waals surface area (Å²) in [5, 5.41) is 0. The van der Waals surface area contributed by atoms with Crippen molar-refractivity contribution in [2.75, 3.05) is 19.8 Å². The van der Waals surface area contributed by atoms with E-state index in [1.165, 1.54) is 11.1 Å². The molecule has 1 amide bonds. The van der Waals surface area contributed by atoms with E-state index in [-0.39, 0.29) is 12.0 Å². The van der Waals surface area contributed by atoms with Crippen LogP contribution < -0.4 is 4.74 Å². The van der Waals surface area contributed by atoms with Crippen molar-refractivity contribution in [3.8, 4) is 5.75 Å². The number of benzene rings is 1. The number of nitrogens with zero attached hydrogens (tertiary/aromatic N) is 1. The van der Waals surface area contributed by atoms with Gasteiger partial charge >= 0.3 is 0 Å². The molecule has 0 N–H and O–H groups in total. The Bertz CT molecular complexity index is 508. The van der Waals surface area contributed by atoms with E-state index in [0.717, 1.165) is 25.3 Å². The first kappa shape index (κ1) is 13.4. The quantitative estimate of drug-likeness (QED) is 0.789. The molecule has 4 nitrogen and oxygen atoms in total. The lowest BCUT2D eigenvalue weighted by atomic mass is 9.99. The fourth-order valence-electron chi connectivity index (χ4n) is 2.46. The van der Waals surface area contributed by atoms with Gasteiger partial charge in [-0.25, -0.2) is 0 Å². The van der Waals surface area contributed by atoms with Gasteiger partial charge in [0.15, 0.2) is 6.10 Å². The highest BCUT2D eigenvalue weighted by Gasteiger charge is 2.36. The van der Waals surface area contributed by atoms with Gasteiger partial charge in [0.05, 0.1) is 13.2 Å². The molecule has 1 unspecified atom stereocenters. The van der Waals surface area contributed by atoms with Crippen molar-refractivity contribution in [3.05, 3.63) is 29.3 Å². The van der Waals surface area contributed by atoms with Crippen LogP contribution in [0, 0.1) is 5.92 Å². The molecule has 3 rings (SSSR count). The lowest BCUT2D eigenvalue weighted by molar-refractivity contribution is -0.133. The van der Waals surface area contributed by atoms with E-state index in [1.807, 2.05) is 11.0 Å². The maximum Gasteiger partial charge on any atom is 0.254 e. The predicted molar refractivity (Wildman–Crippen MR) is 75.6 cm³/mol. The summed E-state index contributed by atoms with van der Waals surface area (Å²) in [6.07, 6.45) is 0.720. The molecular formula is C16H21NO3. The van der Waals surface area contributed by atoms with E-state index in [2.05, 4.69) is 26.0 Å². The van der Waals surface area contributed by atoms with Crippen LogP contribution in [0.3, 0.4) is 0 Å². The molecule has 0 aliphatic carbocycles. The Hall–Kier alpha value is -1.55. The number of carbonyl (C=O) groups excluding carboxylic acids is 1. The predicted octanol–water partition coefficient (Wildman–Crippen LogP) is 2.00. The molecule has 0 aromatic heterocycles. The second kappa shape index (κ2) is 5.44. The van der Waals surface area contributed by atoms with Crippen LogP contribution in [0.4, 0.5) is 0 Å². The third-order valence-corrected chi connectivity index (χ3v) is 3.69. The Morgan fingerprint density at radius 1 is 1.45 bits per heavy atom. The molecule has 4 heteroatoms. The monoisotopic (exact) mass is 275 g/mol. The Labute approximate surface area is 119 Å². The topological polar surface area (TPSA) is 42.1 Å². The number of amides is 1. The van der Waals surface area contributed by atoms with Crippen molar-refractivity contribution in [1.29, 1.82) is 0 Å². The minimum absolute atomic E-state index is 0.135. The van der Waals surface area contributed by atoms with Gasteiger partial charge < -0.3 is 14.4 Å². The first-order valence-electron chi connectivity index (χ1n) is 7.28. The maximum absolute atomic E-state index is 12.0. The summed E-state index contributed by atoms with van der Waals surface area (Å²) in [5.41, 5.74) is 2.52. The van der Waals surface area contributed by atoms with Crippen LogP contribution in [-0.4, -0.2) is 36.7 Å². The number of rotatable bonds is 4. The Kier molecular flexibility index (Phi) is 3.66. The van der Waals surface area contributed by atoms with Crippen molar-refractivity contribution >= 4 is 5.91 Å². The Balaban J connectivity index is 1.67. The van der Waals surface area contributed by atoms with Crippen LogP contribution in [0.2, 0.25) is 0 Å². The van der Waals surface area contributed by atoms with E-state index in [1.54, 1.807) is 0 Å². The molecule has 1 atom stereocenters. The molecule has 1 fully saturated rings. The second-order valence-electron chi connectivity index (χ2n) is 5.97. The van der Waals surface area contributed by atoms with Crippen LogP contribution in [0.25, 0.3) is 0 Å². The Morgan fingerprint density at radius 2 is 2.25 bits per heavy atom. The largest absolute Gasteiger partial charge is 0.493 e. The van der Waals surface area contributed by atoms with Crippen molar-refractivity contribution < 1.29 is 14.3 Å². The number of ether oxygens (including phenoxy) is 2. The average Bonchev–Trinajstić information content (AvgIpc) is 3.28. The van der Waals surface area contributed by atoms with Gasteiger partial charge in [0.25, 0.3) is 5.91 Å². The van der Waals surface area contributed by atoms with E-state index in [0.29, 0.717) is 19.1 Å². The van der Waals surface area contributed by atoms with Crippen molar-refractivity contribution in [3.63, 3.8) is 0 Å². The summed E-state index contributed by atoms with van der Waals surface area (Å²) in [7, 11) is 0. The third kappa shape index (κ3) is 2.96. The zero-order valence-electron chi connectivity index (χ0n) is 12.1. The van der Waals surface area contributed by atoms with E-state index >= 15 is 0 Å². The van der Waals surface area contributed by atoms with E-state index in [4.69, 9.17) is 9.47 Å². The summed E-state index contributed by atoms with van der Waals surface area (Å²) >= 11 is 0. The number of hydrogen-bond acceptors (Lipinski definition) is 3. The van der Waals surface area contributed by atoms with E-state index < -0.39 is 0 Å². The van der Waals surface area contributed by atoms with Crippen LogP contribution in [-0.2, 0) is 22.5 Å². The molecule has 2 aliphatic rings. The zero-order chi connectivity index (χ0) is 14.1. The molecule has 2 aliphatic heterocycles. The van der Waals surface area contributed by atoms with Gasteiger partial charge in [0.2, 0.25) is 0 Å². The van der Waals surface area contributed by atoms with Gasteiger partial charge in [-0.15, -0.1) is 0 Å². The highest BCUT2D eigenvalue weighted by Crippen LogP contribution is 2.26. The molecule has 20 heavy (non-hydrogen) atoms. The average molecular weight is 275 g/mol. The van der Waals surface area contributed by atoms with Gasteiger partial charge in [-0.2, -0.15) is 0 Å². The number of epoxide rings is 1. The third-order valence-electron chi connectivity index (χ3n) is 3.69. The zero-order valence-corrected chi connectivity index (χ0v) is 12.1. The van der Waals surface area contributed by atoms with Crippen LogP contribution >= 0.6 is 0 Å². The number of fused-ring (bicyclic) bond motifs is 1. The van der Waals surface area contributed by atoms with Crippen molar-refractivity contribution in [2.24, 2.45) is 5.92 Å². The number of carbonyl (C=O) groups is 1. The minimum Gasteiger partial charge on any atom is -0.493 e. The molecule has 0 bridgehead atoms.